The van der Waals surface area contributed by atoms with Crippen LogP contribution in [0.15, 0.2) is 103 Å². The van der Waals surface area contributed by atoms with Crippen LogP contribution in [0.1, 0.15) is 0 Å². The third kappa shape index (κ3) is 3.82. The van der Waals surface area contributed by atoms with Crippen molar-refractivity contribution in [3.63, 3.8) is 0 Å². The molecule has 170 valence electrons. The van der Waals surface area contributed by atoms with Gasteiger partial charge in [0.15, 0.2) is 0 Å². The van der Waals surface area contributed by atoms with Gasteiger partial charge in [0.1, 0.15) is 5.75 Å². The topological polar surface area (TPSA) is 46.6 Å². The van der Waals surface area contributed by atoms with Crippen molar-refractivity contribution in [3.8, 4) is 16.9 Å². The zero-order chi connectivity index (χ0) is 23.9. The van der Waals surface area contributed by atoms with Gasteiger partial charge in [-0.1, -0.05) is 78.3 Å². The normalized spacial score (nSPS) is 13.3. The number of hydrogen-bond donors (Lipinski definition) is 0. The SMILES string of the molecule is O=S(=O)(Oc1ccc(B2c3ccccc3-c3ccccc3N2c2ccccc2)cc1)C(F)(F)F. The largest absolute Gasteiger partial charge is 0.534 e. The molecule has 1 aliphatic rings. The molecule has 1 aliphatic heterocycles. The first-order valence-electron chi connectivity index (χ1n) is 10.4. The zero-order valence-electron chi connectivity index (χ0n) is 17.6. The fourth-order valence-electron chi connectivity index (χ4n) is 4.26. The van der Waals surface area contributed by atoms with Crippen molar-refractivity contribution in [1.29, 1.82) is 0 Å². The number of halogens is 3. The highest BCUT2D eigenvalue weighted by molar-refractivity contribution is 7.88. The van der Waals surface area contributed by atoms with E-state index in [4.69, 9.17) is 0 Å². The summed E-state index contributed by atoms with van der Waals surface area (Å²) in [5.74, 6) is -0.406. The fourth-order valence-corrected chi connectivity index (χ4v) is 4.71. The number of alkyl halides is 3. The molecule has 1 heterocycles. The van der Waals surface area contributed by atoms with E-state index in [1.54, 1.807) is 12.1 Å². The monoisotopic (exact) mass is 479 g/mol. The molecule has 0 amide bonds. The second-order valence-electron chi connectivity index (χ2n) is 7.76. The Balaban J connectivity index is 1.63. The van der Waals surface area contributed by atoms with E-state index < -0.39 is 21.4 Å². The van der Waals surface area contributed by atoms with Gasteiger partial charge in [0, 0.05) is 16.9 Å². The molecule has 4 aromatic carbocycles. The van der Waals surface area contributed by atoms with Crippen molar-refractivity contribution in [2.75, 3.05) is 4.81 Å². The molecule has 9 heteroatoms. The van der Waals surface area contributed by atoms with E-state index >= 15 is 0 Å². The maximum absolute atomic E-state index is 12.7. The van der Waals surface area contributed by atoms with E-state index in [2.05, 4.69) is 15.1 Å². The van der Waals surface area contributed by atoms with Crippen molar-refractivity contribution in [3.05, 3.63) is 103 Å². The van der Waals surface area contributed by atoms with Crippen LogP contribution in [-0.2, 0) is 10.1 Å². The number of para-hydroxylation sites is 2. The first-order valence-corrected chi connectivity index (χ1v) is 11.8. The first-order chi connectivity index (χ1) is 16.3. The highest BCUT2D eigenvalue weighted by Gasteiger charge is 2.48. The van der Waals surface area contributed by atoms with E-state index in [9.17, 15) is 21.6 Å². The molecule has 4 nitrogen and oxygen atoms in total. The quantitative estimate of drug-likeness (QED) is 0.239. The van der Waals surface area contributed by atoms with Crippen LogP contribution in [0.4, 0.5) is 24.5 Å². The van der Waals surface area contributed by atoms with E-state index in [1.807, 2.05) is 72.8 Å². The van der Waals surface area contributed by atoms with Crippen LogP contribution in [0.25, 0.3) is 11.1 Å². The molecular weight excluding hydrogens is 462 g/mol. The van der Waals surface area contributed by atoms with Gasteiger partial charge in [-0.2, -0.15) is 21.6 Å². The minimum atomic E-state index is -5.74. The Morgan fingerprint density at radius 3 is 1.97 bits per heavy atom. The molecule has 4 aromatic rings. The molecule has 5 rings (SSSR count). The van der Waals surface area contributed by atoms with E-state index in [-0.39, 0.29) is 6.85 Å². The summed E-state index contributed by atoms with van der Waals surface area (Å²) in [7, 11) is -5.74. The van der Waals surface area contributed by atoms with Gasteiger partial charge in [-0.15, -0.1) is 0 Å². The number of anilines is 2. The predicted molar refractivity (Wildman–Crippen MR) is 128 cm³/mol. The summed E-state index contributed by atoms with van der Waals surface area (Å²) < 4.78 is 65.2. The van der Waals surface area contributed by atoms with Gasteiger partial charge in [-0.05, 0) is 41.4 Å². The van der Waals surface area contributed by atoms with E-state index in [0.717, 1.165) is 33.4 Å². The number of nitrogens with zero attached hydrogens (tertiary/aromatic N) is 1. The lowest BCUT2D eigenvalue weighted by molar-refractivity contribution is -0.0500. The van der Waals surface area contributed by atoms with Crippen LogP contribution in [-0.4, -0.2) is 20.8 Å². The molecule has 0 saturated carbocycles. The number of rotatable bonds is 4. The van der Waals surface area contributed by atoms with Gasteiger partial charge in [-0.3, -0.25) is 0 Å². The standard InChI is InChI=1S/C25H17BF3NO3S/c27-25(28,29)34(31,32)33-20-16-14-18(15-17-20)26-23-12-6-4-10-21(23)22-11-5-7-13-24(22)30(26)19-8-2-1-3-9-19/h1-17H. The van der Waals surface area contributed by atoms with Crippen molar-refractivity contribution in [1.82, 2.24) is 0 Å². The fraction of sp³-hybridized carbons (Fsp3) is 0.0400. The van der Waals surface area contributed by atoms with E-state index in [1.165, 1.54) is 12.1 Å². The first kappa shape index (κ1) is 22.1. The second-order valence-corrected chi connectivity index (χ2v) is 9.30. The summed E-state index contributed by atoms with van der Waals surface area (Å²) in [5.41, 5.74) is 0.322. The highest BCUT2D eigenvalue weighted by Crippen LogP contribution is 2.39. The molecule has 0 N–H and O–H groups in total. The number of fused-ring (bicyclic) bond motifs is 3. The summed E-state index contributed by atoms with van der Waals surface area (Å²) in [5, 5.41) is 0. The van der Waals surface area contributed by atoms with Crippen LogP contribution in [0.2, 0.25) is 0 Å². The minimum absolute atomic E-state index is 0.304. The molecule has 0 aromatic heterocycles. The van der Waals surface area contributed by atoms with Crippen molar-refractivity contribution in [2.45, 2.75) is 5.51 Å². The maximum Gasteiger partial charge on any atom is 0.534 e. The van der Waals surface area contributed by atoms with Gasteiger partial charge in [0.05, 0.1) is 0 Å². The van der Waals surface area contributed by atoms with Crippen molar-refractivity contribution < 1.29 is 25.8 Å². The Morgan fingerprint density at radius 2 is 1.29 bits per heavy atom. The summed E-state index contributed by atoms with van der Waals surface area (Å²) in [6.45, 7) is -0.304. The Kier molecular flexibility index (Phi) is 5.36. The molecular formula is C25H17BF3NO3S. The number of hydrogen-bond acceptors (Lipinski definition) is 4. The molecule has 0 radical (unpaired) electrons. The lowest BCUT2D eigenvalue weighted by atomic mass is 9.46. The average molecular weight is 479 g/mol. The van der Waals surface area contributed by atoms with Crippen molar-refractivity contribution >= 4 is 39.3 Å². The average Bonchev–Trinajstić information content (AvgIpc) is 2.83. The highest BCUT2D eigenvalue weighted by atomic mass is 32.2. The van der Waals surface area contributed by atoms with Gasteiger partial charge >= 0.3 is 22.5 Å². The van der Waals surface area contributed by atoms with Gasteiger partial charge in [0.25, 0.3) is 0 Å². The Bertz CT molecular complexity index is 1440. The van der Waals surface area contributed by atoms with Crippen LogP contribution < -0.4 is 19.9 Å². The lowest BCUT2D eigenvalue weighted by Gasteiger charge is -2.38. The van der Waals surface area contributed by atoms with Gasteiger partial charge in [0.2, 0.25) is 0 Å². The molecule has 0 fully saturated rings. The summed E-state index contributed by atoms with van der Waals surface area (Å²) in [6.07, 6.45) is 0. The Hall–Kier alpha value is -3.72. The smallest absolute Gasteiger partial charge is 0.376 e. The summed E-state index contributed by atoms with van der Waals surface area (Å²) in [6, 6.07) is 31.4. The Morgan fingerprint density at radius 1 is 0.706 bits per heavy atom. The molecule has 34 heavy (non-hydrogen) atoms. The molecule has 0 aliphatic carbocycles. The van der Waals surface area contributed by atoms with Crippen LogP contribution in [0, 0.1) is 0 Å². The summed E-state index contributed by atoms with van der Waals surface area (Å²) in [4.78, 5) is 2.17. The third-order valence-corrected chi connectivity index (χ3v) is 6.67. The summed E-state index contributed by atoms with van der Waals surface area (Å²) >= 11 is 0. The molecule has 0 atom stereocenters. The van der Waals surface area contributed by atoms with E-state index in [0.29, 0.717) is 0 Å². The molecule has 0 saturated heterocycles. The van der Waals surface area contributed by atoms with Gasteiger partial charge < -0.3 is 8.99 Å². The lowest BCUT2D eigenvalue weighted by Crippen LogP contribution is -2.57. The van der Waals surface area contributed by atoms with Crippen LogP contribution >= 0.6 is 0 Å². The van der Waals surface area contributed by atoms with Crippen LogP contribution in [0.5, 0.6) is 5.75 Å². The number of benzene rings is 4. The molecule has 0 unspecified atom stereocenters. The minimum Gasteiger partial charge on any atom is -0.376 e. The second kappa shape index (κ2) is 8.25. The van der Waals surface area contributed by atoms with Crippen molar-refractivity contribution in [2.24, 2.45) is 0 Å². The zero-order valence-corrected chi connectivity index (χ0v) is 18.4. The Labute approximate surface area is 195 Å². The van der Waals surface area contributed by atoms with Crippen LogP contribution in [0.3, 0.4) is 0 Å². The third-order valence-electron chi connectivity index (χ3n) is 5.69. The van der Waals surface area contributed by atoms with Gasteiger partial charge in [-0.25, -0.2) is 0 Å². The molecule has 0 spiro atoms. The predicted octanol–water partition coefficient (Wildman–Crippen LogP) is 4.84. The maximum atomic E-state index is 12.7. The molecule has 0 bridgehead atoms.